The van der Waals surface area contributed by atoms with Gasteiger partial charge in [0.15, 0.2) is 22.5 Å². The molecule has 4 bridgehead atoms. The van der Waals surface area contributed by atoms with Crippen molar-refractivity contribution in [1.29, 1.82) is 5.41 Å². The van der Waals surface area contributed by atoms with Crippen LogP contribution < -0.4 is 20.9 Å². The van der Waals surface area contributed by atoms with Gasteiger partial charge in [-0.2, -0.15) is 0 Å². The fraction of sp³-hybridized carbons (Fsp3) is 0.565. The molecule has 4 heterocycles. The monoisotopic (exact) mass is 851 g/mol. The zero-order valence-corrected chi connectivity index (χ0v) is 36.9. The van der Waals surface area contributed by atoms with Crippen LogP contribution in [0, 0.1) is 47.8 Å². The number of nitrogens with zero attached hydrogens (tertiary/aromatic N) is 5. The van der Waals surface area contributed by atoms with Crippen LogP contribution in [-0.2, 0) is 11.2 Å². The van der Waals surface area contributed by atoms with Gasteiger partial charge < -0.3 is 46.3 Å². The molecule has 1 aliphatic heterocycles. The Morgan fingerprint density at radius 1 is 1.07 bits per heavy atom. The van der Waals surface area contributed by atoms with E-state index in [4.69, 9.17) is 20.1 Å². The van der Waals surface area contributed by atoms with E-state index in [2.05, 4.69) is 65.1 Å². The van der Waals surface area contributed by atoms with Gasteiger partial charge in [-0.25, -0.2) is 14.8 Å². The van der Waals surface area contributed by atoms with Gasteiger partial charge in [0.25, 0.3) is 0 Å². The lowest BCUT2D eigenvalue weighted by atomic mass is 9.53. The molecular weight excluding hydrogens is 791 g/mol. The number of aromatic carboxylic acids is 1. The molecule has 1 aromatic carbocycles. The molecule has 14 nitrogen and oxygen atoms in total. The van der Waals surface area contributed by atoms with Crippen LogP contribution in [0.1, 0.15) is 98.5 Å². The molecule has 3 aromatic heterocycles. The van der Waals surface area contributed by atoms with Crippen molar-refractivity contribution in [1.82, 2.24) is 30.8 Å². The number of hydrogen-bond acceptors (Lipinski definition) is 14. The van der Waals surface area contributed by atoms with Gasteiger partial charge >= 0.3 is 5.97 Å². The Morgan fingerprint density at radius 3 is 2.61 bits per heavy atom. The number of carboxylic acid groups (broad SMARTS) is 1. The summed E-state index contributed by atoms with van der Waals surface area (Å²) in [6, 6.07) is 9.83. The summed E-state index contributed by atoms with van der Waals surface area (Å²) >= 11 is 1.57. The van der Waals surface area contributed by atoms with Crippen molar-refractivity contribution < 1.29 is 24.9 Å². The molecule has 5 unspecified atom stereocenters. The molecule has 4 saturated carbocycles. The first-order chi connectivity index (χ1) is 29.2. The van der Waals surface area contributed by atoms with Crippen molar-refractivity contribution in [3.8, 4) is 0 Å². The van der Waals surface area contributed by atoms with Crippen molar-refractivity contribution in [3.05, 3.63) is 64.0 Å². The first-order valence-corrected chi connectivity index (χ1v) is 22.6. The van der Waals surface area contributed by atoms with Gasteiger partial charge in [0, 0.05) is 79.5 Å². The number of carboxylic acids is 1. The van der Waals surface area contributed by atoms with Gasteiger partial charge in [-0.15, -0.1) is 10.2 Å². The highest BCUT2D eigenvalue weighted by Crippen LogP contribution is 2.66. The van der Waals surface area contributed by atoms with Crippen LogP contribution >= 0.6 is 11.3 Å². The van der Waals surface area contributed by atoms with Crippen molar-refractivity contribution in [2.75, 3.05) is 56.2 Å². The van der Waals surface area contributed by atoms with E-state index in [1.807, 2.05) is 24.8 Å². The second-order valence-corrected chi connectivity index (χ2v) is 20.1. The number of pyridine rings is 1. The van der Waals surface area contributed by atoms with Crippen molar-refractivity contribution in [3.63, 3.8) is 0 Å². The van der Waals surface area contributed by atoms with Crippen LogP contribution in [-0.4, -0.2) is 99.3 Å². The van der Waals surface area contributed by atoms with Crippen molar-refractivity contribution >= 4 is 61.9 Å². The molecule has 7 N–H and O–H groups in total. The Balaban J connectivity index is 0.978. The minimum Gasteiger partial charge on any atom is -0.476 e. The molecule has 0 spiro atoms. The van der Waals surface area contributed by atoms with Crippen LogP contribution in [0.4, 0.5) is 22.6 Å². The highest BCUT2D eigenvalue weighted by atomic mass is 32.1. The topological polar surface area (TPSA) is 202 Å². The van der Waals surface area contributed by atoms with Gasteiger partial charge in [-0.05, 0) is 125 Å². The second-order valence-electron chi connectivity index (χ2n) is 19.0. The molecular formula is C46H61N9O5S. The number of aliphatic hydroxyl groups excluding tert-OH is 2. The van der Waals surface area contributed by atoms with Crippen molar-refractivity contribution in [2.24, 2.45) is 28.6 Å². The molecule has 5 aliphatic rings. The lowest BCUT2D eigenvalue weighted by Crippen LogP contribution is -2.53. The van der Waals surface area contributed by atoms with Gasteiger partial charge in [0.2, 0.25) is 0 Å². The maximum atomic E-state index is 12.9. The van der Waals surface area contributed by atoms with E-state index in [0.717, 1.165) is 89.2 Å². The van der Waals surface area contributed by atoms with Gasteiger partial charge in [-0.1, -0.05) is 31.3 Å². The largest absolute Gasteiger partial charge is 0.476 e. The number of aryl methyl sites for hydroxylation is 1. The number of fused-ring (bicyclic) bond motifs is 3. The Hall–Kier alpha value is -4.54. The highest BCUT2D eigenvalue weighted by Gasteiger charge is 2.60. The van der Waals surface area contributed by atoms with Gasteiger partial charge in [0.05, 0.1) is 22.4 Å². The van der Waals surface area contributed by atoms with Crippen molar-refractivity contribution in [2.45, 2.75) is 91.6 Å². The van der Waals surface area contributed by atoms with Crippen LogP contribution in [0.15, 0.2) is 36.0 Å². The number of allylic oxidation sites excluding steroid dienone is 2. The Morgan fingerprint density at radius 2 is 1.85 bits per heavy atom. The number of carbonyl (C=O) groups is 1. The summed E-state index contributed by atoms with van der Waals surface area (Å²) in [7, 11) is 0. The number of aromatic nitrogens is 4. The van der Waals surface area contributed by atoms with E-state index in [0.29, 0.717) is 66.7 Å². The first kappa shape index (κ1) is 43.1. The molecule has 0 radical (unpaired) electrons. The Kier molecular flexibility index (Phi) is 12.2. The van der Waals surface area contributed by atoms with Gasteiger partial charge in [-0.3, -0.25) is 0 Å². The standard InChI is InChI=1S/C46H61N9O5S/c1-27-8-10-37-36(15-27)50-43(61-37)52-40-28(2)33-7-6-13-55(41(33)54-53-40)38-11-9-34(39(51-38)42(58)59)35(19-47)29(3)49-21-32-17-45(5)24-44(4)16-31(32)18-46(25-44,26-45)60-14-12-48-20-30(22-56)23-57/h8-11,15,19,30-32,47-49,56-57H,6-7,12-14,16-18,20-26H2,1-5H3,(H,58,59)(H,50,52,53)/b35-29+,47-19?. The van der Waals surface area contributed by atoms with E-state index < -0.39 is 5.97 Å². The maximum Gasteiger partial charge on any atom is 0.355 e. The predicted molar refractivity (Wildman–Crippen MR) is 240 cm³/mol. The van der Waals surface area contributed by atoms with Crippen LogP contribution in [0.3, 0.4) is 0 Å². The third-order valence-corrected chi connectivity index (χ3v) is 14.7. The third-order valence-electron chi connectivity index (χ3n) is 13.8. The number of hydrogen-bond donors (Lipinski definition) is 7. The number of anilines is 4. The number of thiazole rings is 1. The van der Waals surface area contributed by atoms with Crippen LogP contribution in [0.5, 0.6) is 0 Å². The fourth-order valence-electron chi connectivity index (χ4n) is 11.6. The van der Waals surface area contributed by atoms with E-state index in [-0.39, 0.29) is 41.3 Å². The molecule has 326 valence electrons. The second kappa shape index (κ2) is 17.3. The molecule has 4 aliphatic carbocycles. The Bertz CT molecular complexity index is 2330. The fourth-order valence-corrected chi connectivity index (χ4v) is 12.5. The lowest BCUT2D eigenvalue weighted by Gasteiger charge is -2.56. The number of rotatable bonds is 17. The summed E-state index contributed by atoms with van der Waals surface area (Å²) in [6.07, 6.45) is 9.42. The first-order valence-electron chi connectivity index (χ1n) is 21.8. The zero-order valence-electron chi connectivity index (χ0n) is 36.1. The summed E-state index contributed by atoms with van der Waals surface area (Å²) in [4.78, 5) is 24.3. The predicted octanol–water partition coefficient (Wildman–Crippen LogP) is 7.17. The molecule has 4 fully saturated rings. The summed E-state index contributed by atoms with van der Waals surface area (Å²) < 4.78 is 7.91. The quantitative estimate of drug-likeness (QED) is 0.0417. The van der Waals surface area contributed by atoms with E-state index in [9.17, 15) is 20.1 Å². The molecule has 0 amide bonds. The normalized spacial score (nSPS) is 26.0. The van der Waals surface area contributed by atoms with Gasteiger partial charge in [0.1, 0.15) is 5.82 Å². The minimum absolute atomic E-state index is 0.0424. The average molecular weight is 852 g/mol. The molecule has 4 aromatic rings. The average Bonchev–Trinajstić information content (AvgIpc) is 3.56. The zero-order chi connectivity index (χ0) is 43.1. The highest BCUT2D eigenvalue weighted by molar-refractivity contribution is 7.22. The van der Waals surface area contributed by atoms with Crippen LogP contribution in [0.2, 0.25) is 0 Å². The molecule has 61 heavy (non-hydrogen) atoms. The van der Waals surface area contributed by atoms with Crippen LogP contribution in [0.25, 0.3) is 15.8 Å². The number of nitrogens with one attached hydrogen (secondary N) is 4. The van der Waals surface area contributed by atoms with E-state index in [1.165, 1.54) is 12.6 Å². The molecule has 0 saturated heterocycles. The summed E-state index contributed by atoms with van der Waals surface area (Å²) in [5.41, 5.74) is 5.82. The smallest absolute Gasteiger partial charge is 0.355 e. The number of benzene rings is 1. The SMILES string of the molecule is C/C(NCC1CC2(C)CC3(C)CC1CC(OCCNCC(CO)CO)(C2)C3)=C(/C=N)c1ccc(N2CCCc3c2nnc(Nc2nc4cc(C)ccc4s2)c3C)nc1C(=O)O. The number of aliphatic hydroxyl groups is 2. The lowest BCUT2D eigenvalue weighted by molar-refractivity contribution is -0.163. The minimum atomic E-state index is -1.16. The Labute approximate surface area is 362 Å². The van der Waals surface area contributed by atoms with E-state index in [1.54, 1.807) is 17.4 Å². The molecule has 9 rings (SSSR count). The summed E-state index contributed by atoms with van der Waals surface area (Å²) in [5.74, 6) is 1.34. The summed E-state index contributed by atoms with van der Waals surface area (Å²) in [5, 5.41) is 58.2. The van der Waals surface area contributed by atoms with E-state index >= 15 is 0 Å². The maximum absolute atomic E-state index is 12.9. The molecule has 15 heteroatoms. The summed E-state index contributed by atoms with van der Waals surface area (Å²) in [6.45, 7) is 14.0. The number of ether oxygens (including phenoxy) is 1. The third kappa shape index (κ3) is 8.90. The molecule has 5 atom stereocenters.